The molecule has 2 heteroatoms. The third-order valence-corrected chi connectivity index (χ3v) is 4.40. The first-order valence-corrected chi connectivity index (χ1v) is 7.34. The highest BCUT2D eigenvalue weighted by molar-refractivity contribution is 5.56. The average Bonchev–Trinajstić information content (AvgIpc) is 2.47. The Hall–Kier alpha value is -1.02. The smallest absolute Gasteiger partial charge is 0.0425 e. The van der Waals surface area contributed by atoms with Crippen molar-refractivity contribution in [1.82, 2.24) is 0 Å². The summed E-state index contributed by atoms with van der Waals surface area (Å²) in [5.74, 6) is 0. The van der Waals surface area contributed by atoms with E-state index in [0.717, 1.165) is 12.8 Å². The molecule has 2 nitrogen and oxygen atoms in total. The van der Waals surface area contributed by atoms with Gasteiger partial charge in [0.15, 0.2) is 0 Å². The Morgan fingerprint density at radius 3 is 2.28 bits per heavy atom. The molecule has 2 N–H and O–H groups in total. The van der Waals surface area contributed by atoms with E-state index in [1.807, 2.05) is 0 Å². The lowest BCUT2D eigenvalue weighted by molar-refractivity contribution is 0.411. The second-order valence-corrected chi connectivity index (χ2v) is 5.43. The van der Waals surface area contributed by atoms with Gasteiger partial charge in [-0.1, -0.05) is 32.0 Å². The molecular weight excluding hydrogens is 220 g/mol. The molecule has 0 atom stereocenters. The fourth-order valence-corrected chi connectivity index (χ4v) is 2.94. The first-order valence-electron chi connectivity index (χ1n) is 7.34. The van der Waals surface area contributed by atoms with Gasteiger partial charge in [0.05, 0.1) is 0 Å². The van der Waals surface area contributed by atoms with E-state index in [9.17, 15) is 0 Å². The van der Waals surface area contributed by atoms with Gasteiger partial charge in [0, 0.05) is 24.3 Å². The molecule has 0 amide bonds. The van der Waals surface area contributed by atoms with Gasteiger partial charge in [-0.25, -0.2) is 0 Å². The zero-order valence-corrected chi connectivity index (χ0v) is 11.8. The molecule has 1 heterocycles. The van der Waals surface area contributed by atoms with Crippen LogP contribution in [0.25, 0.3) is 0 Å². The Balaban J connectivity index is 2.35. The molecule has 100 valence electrons. The van der Waals surface area contributed by atoms with Crippen LogP contribution < -0.4 is 10.6 Å². The second-order valence-electron chi connectivity index (χ2n) is 5.43. The van der Waals surface area contributed by atoms with Crippen LogP contribution in [0.5, 0.6) is 0 Å². The van der Waals surface area contributed by atoms with Gasteiger partial charge in [0.2, 0.25) is 0 Å². The number of rotatable bonds is 4. The largest absolute Gasteiger partial charge is 0.371 e. The van der Waals surface area contributed by atoms with Gasteiger partial charge in [0.1, 0.15) is 0 Å². The number of benzene rings is 1. The maximum atomic E-state index is 6.60. The predicted octanol–water partition coefficient (Wildman–Crippen LogP) is 3.65. The molecule has 1 aromatic rings. The number of nitrogens with zero attached hydrogens (tertiary/aromatic N) is 1. The molecule has 1 aromatic carbocycles. The minimum absolute atomic E-state index is 0.173. The lowest BCUT2D eigenvalue weighted by Crippen LogP contribution is -2.38. The molecule has 1 aliphatic heterocycles. The van der Waals surface area contributed by atoms with Crippen LogP contribution in [0, 0.1) is 0 Å². The highest BCUT2D eigenvalue weighted by atomic mass is 15.1. The predicted molar refractivity (Wildman–Crippen MR) is 79.0 cm³/mol. The monoisotopic (exact) mass is 246 g/mol. The van der Waals surface area contributed by atoms with E-state index < -0.39 is 0 Å². The Morgan fingerprint density at radius 2 is 1.67 bits per heavy atom. The van der Waals surface area contributed by atoms with Crippen molar-refractivity contribution in [3.63, 3.8) is 0 Å². The van der Waals surface area contributed by atoms with E-state index in [1.54, 1.807) is 0 Å². The molecule has 2 rings (SSSR count). The number of nitrogens with two attached hydrogens (primary N) is 1. The summed E-state index contributed by atoms with van der Waals surface area (Å²) in [4.78, 5) is 2.52. The van der Waals surface area contributed by atoms with E-state index in [1.165, 1.54) is 43.6 Å². The van der Waals surface area contributed by atoms with E-state index in [-0.39, 0.29) is 5.54 Å². The maximum Gasteiger partial charge on any atom is 0.0425 e. The Morgan fingerprint density at radius 1 is 1.06 bits per heavy atom. The van der Waals surface area contributed by atoms with E-state index in [0.29, 0.717) is 0 Å². The summed E-state index contributed by atoms with van der Waals surface area (Å²) in [6.45, 7) is 6.74. The molecule has 1 saturated heterocycles. The number of piperidine rings is 1. The average molecular weight is 246 g/mol. The number of para-hydroxylation sites is 1. The molecule has 1 fully saturated rings. The topological polar surface area (TPSA) is 29.3 Å². The molecule has 0 aliphatic carbocycles. The van der Waals surface area contributed by atoms with Gasteiger partial charge in [-0.2, -0.15) is 0 Å². The lowest BCUT2D eigenvalue weighted by Gasteiger charge is -2.36. The maximum absolute atomic E-state index is 6.60. The fourth-order valence-electron chi connectivity index (χ4n) is 2.94. The van der Waals surface area contributed by atoms with E-state index in [2.05, 4.69) is 43.0 Å². The van der Waals surface area contributed by atoms with Crippen LogP contribution in [0.1, 0.15) is 51.5 Å². The van der Waals surface area contributed by atoms with Crippen molar-refractivity contribution >= 4 is 5.69 Å². The number of hydrogen-bond acceptors (Lipinski definition) is 2. The fraction of sp³-hybridized carbons (Fsp3) is 0.625. The summed E-state index contributed by atoms with van der Waals surface area (Å²) >= 11 is 0. The molecule has 0 bridgehead atoms. The van der Waals surface area contributed by atoms with Crippen molar-refractivity contribution in [2.24, 2.45) is 5.73 Å². The molecule has 1 aliphatic rings. The number of hydrogen-bond donors (Lipinski definition) is 1. The summed E-state index contributed by atoms with van der Waals surface area (Å²) in [5, 5.41) is 0. The van der Waals surface area contributed by atoms with Crippen molar-refractivity contribution in [1.29, 1.82) is 0 Å². The van der Waals surface area contributed by atoms with Crippen molar-refractivity contribution < 1.29 is 0 Å². The Kier molecular flexibility index (Phi) is 4.28. The minimum Gasteiger partial charge on any atom is -0.371 e. The Bertz CT molecular complexity index is 376. The standard InChI is InChI=1S/C16H26N2/c1-3-16(17,4-2)14-10-6-7-11-15(14)18-12-8-5-9-13-18/h6-7,10-11H,3-5,8-9,12-13,17H2,1-2H3. The number of anilines is 1. The summed E-state index contributed by atoms with van der Waals surface area (Å²) < 4.78 is 0. The highest BCUT2D eigenvalue weighted by Gasteiger charge is 2.27. The van der Waals surface area contributed by atoms with Crippen molar-refractivity contribution in [2.45, 2.75) is 51.5 Å². The first-order chi connectivity index (χ1) is 8.71. The van der Waals surface area contributed by atoms with Gasteiger partial charge in [-0.3, -0.25) is 0 Å². The lowest BCUT2D eigenvalue weighted by atomic mass is 9.84. The molecule has 18 heavy (non-hydrogen) atoms. The van der Waals surface area contributed by atoms with Crippen LogP contribution in [-0.4, -0.2) is 13.1 Å². The van der Waals surface area contributed by atoms with Crippen molar-refractivity contribution in [2.75, 3.05) is 18.0 Å². The zero-order chi connectivity index (χ0) is 13.0. The molecule has 0 spiro atoms. The Labute approximate surface area is 111 Å². The quantitative estimate of drug-likeness (QED) is 0.878. The normalized spacial score (nSPS) is 16.9. The summed E-state index contributed by atoms with van der Waals surface area (Å²) in [6, 6.07) is 8.72. The minimum atomic E-state index is -0.173. The van der Waals surface area contributed by atoms with Crippen molar-refractivity contribution in [3.05, 3.63) is 29.8 Å². The third-order valence-electron chi connectivity index (χ3n) is 4.40. The summed E-state index contributed by atoms with van der Waals surface area (Å²) in [6.07, 6.45) is 5.98. The summed E-state index contributed by atoms with van der Waals surface area (Å²) in [5.41, 5.74) is 9.12. The molecular formula is C16H26N2. The zero-order valence-electron chi connectivity index (χ0n) is 11.8. The third kappa shape index (κ3) is 2.54. The van der Waals surface area contributed by atoms with Gasteiger partial charge in [0.25, 0.3) is 0 Å². The van der Waals surface area contributed by atoms with Gasteiger partial charge in [-0.05, 0) is 43.7 Å². The van der Waals surface area contributed by atoms with Crippen LogP contribution in [0.4, 0.5) is 5.69 Å². The van der Waals surface area contributed by atoms with Crippen LogP contribution in [0.15, 0.2) is 24.3 Å². The molecule has 0 radical (unpaired) electrons. The summed E-state index contributed by atoms with van der Waals surface area (Å²) in [7, 11) is 0. The SMILES string of the molecule is CCC(N)(CC)c1ccccc1N1CCCCC1. The second kappa shape index (κ2) is 5.75. The van der Waals surface area contributed by atoms with Crippen LogP contribution in [0.2, 0.25) is 0 Å². The van der Waals surface area contributed by atoms with E-state index >= 15 is 0 Å². The molecule has 0 saturated carbocycles. The van der Waals surface area contributed by atoms with Crippen LogP contribution in [-0.2, 0) is 5.54 Å². The van der Waals surface area contributed by atoms with Gasteiger partial charge < -0.3 is 10.6 Å². The molecule has 0 aromatic heterocycles. The van der Waals surface area contributed by atoms with E-state index in [4.69, 9.17) is 5.73 Å². The first kappa shape index (κ1) is 13.4. The van der Waals surface area contributed by atoms with Gasteiger partial charge in [-0.15, -0.1) is 0 Å². The van der Waals surface area contributed by atoms with Gasteiger partial charge >= 0.3 is 0 Å². The highest BCUT2D eigenvalue weighted by Crippen LogP contribution is 2.34. The molecule has 0 unspecified atom stereocenters. The van der Waals surface area contributed by atoms with Crippen molar-refractivity contribution in [3.8, 4) is 0 Å². The van der Waals surface area contributed by atoms with Crippen LogP contribution in [0.3, 0.4) is 0 Å². The van der Waals surface area contributed by atoms with Crippen LogP contribution >= 0.6 is 0 Å².